The van der Waals surface area contributed by atoms with Gasteiger partial charge in [0.1, 0.15) is 5.82 Å². The zero-order valence-electron chi connectivity index (χ0n) is 12.3. The molecule has 4 heterocycles. The maximum absolute atomic E-state index is 5.44. The molecule has 0 bridgehead atoms. The number of nitrogens with zero attached hydrogens (tertiary/aromatic N) is 6. The molecular weight excluding hydrogens is 268 g/mol. The summed E-state index contributed by atoms with van der Waals surface area (Å²) in [5.41, 5.74) is 0.806. The Bertz CT molecular complexity index is 635. The van der Waals surface area contributed by atoms with Crippen LogP contribution in [-0.4, -0.2) is 70.1 Å². The molecule has 2 aliphatic rings. The highest BCUT2D eigenvalue weighted by Gasteiger charge is 2.29. The first-order chi connectivity index (χ1) is 10.3. The van der Waals surface area contributed by atoms with E-state index in [2.05, 4.69) is 25.1 Å². The summed E-state index contributed by atoms with van der Waals surface area (Å²) in [5.74, 6) is 1.84. The number of fused-ring (bicyclic) bond motifs is 1. The minimum absolute atomic E-state index is 0.619. The highest BCUT2D eigenvalue weighted by Crippen LogP contribution is 2.22. The van der Waals surface area contributed by atoms with E-state index in [1.165, 1.54) is 6.42 Å². The summed E-state index contributed by atoms with van der Waals surface area (Å²) >= 11 is 0. The van der Waals surface area contributed by atoms with Crippen molar-refractivity contribution in [3.05, 3.63) is 18.0 Å². The van der Waals surface area contributed by atoms with Crippen LogP contribution in [0.25, 0.3) is 5.65 Å². The normalized spacial score (nSPS) is 24.0. The van der Waals surface area contributed by atoms with Crippen LogP contribution in [0.5, 0.6) is 0 Å². The first-order valence-electron chi connectivity index (χ1n) is 7.57. The minimum atomic E-state index is 0.619. The molecular formula is C14H20N6O. The van der Waals surface area contributed by atoms with Gasteiger partial charge in [0.2, 0.25) is 0 Å². The summed E-state index contributed by atoms with van der Waals surface area (Å²) in [6, 6.07) is 4.66. The molecule has 7 nitrogen and oxygen atoms in total. The van der Waals surface area contributed by atoms with Gasteiger partial charge in [-0.05, 0) is 25.5 Å². The number of hydrogen-bond acceptors (Lipinski definition) is 6. The maximum Gasteiger partial charge on any atom is 0.178 e. The summed E-state index contributed by atoms with van der Waals surface area (Å²) in [4.78, 5) is 4.91. The molecule has 2 fully saturated rings. The van der Waals surface area contributed by atoms with Crippen molar-refractivity contribution in [3.63, 3.8) is 0 Å². The van der Waals surface area contributed by atoms with Crippen molar-refractivity contribution < 1.29 is 4.74 Å². The van der Waals surface area contributed by atoms with Gasteiger partial charge in [0.15, 0.2) is 11.5 Å². The van der Waals surface area contributed by atoms with Gasteiger partial charge in [-0.1, -0.05) is 0 Å². The number of ether oxygens (including phenoxy) is 1. The molecule has 0 radical (unpaired) electrons. The first-order valence-corrected chi connectivity index (χ1v) is 7.57. The molecule has 0 aliphatic carbocycles. The van der Waals surface area contributed by atoms with E-state index < -0.39 is 0 Å². The number of morpholine rings is 1. The van der Waals surface area contributed by atoms with Gasteiger partial charge < -0.3 is 9.64 Å². The molecule has 0 aromatic carbocycles. The van der Waals surface area contributed by atoms with E-state index in [0.29, 0.717) is 6.04 Å². The summed E-state index contributed by atoms with van der Waals surface area (Å²) in [6.45, 7) is 7.85. The van der Waals surface area contributed by atoms with Gasteiger partial charge in [-0.2, -0.15) is 4.52 Å². The smallest absolute Gasteiger partial charge is 0.178 e. The quantitative estimate of drug-likeness (QED) is 0.794. The van der Waals surface area contributed by atoms with Gasteiger partial charge in [-0.3, -0.25) is 4.90 Å². The number of rotatable bonds is 2. The zero-order chi connectivity index (χ0) is 14.2. The fourth-order valence-electron chi connectivity index (χ4n) is 3.25. The van der Waals surface area contributed by atoms with Gasteiger partial charge in [-0.25, -0.2) is 0 Å². The van der Waals surface area contributed by atoms with E-state index in [1.54, 1.807) is 0 Å². The second kappa shape index (κ2) is 5.23. The number of aryl methyl sites for hydroxylation is 1. The molecule has 112 valence electrons. The van der Waals surface area contributed by atoms with Crippen molar-refractivity contribution in [2.75, 3.05) is 44.3 Å². The van der Waals surface area contributed by atoms with Gasteiger partial charge >= 0.3 is 0 Å². The lowest BCUT2D eigenvalue weighted by Crippen LogP contribution is -2.44. The Morgan fingerprint density at radius 2 is 2.00 bits per heavy atom. The third-order valence-corrected chi connectivity index (χ3v) is 4.45. The Kier molecular flexibility index (Phi) is 3.23. The summed E-state index contributed by atoms with van der Waals surface area (Å²) < 4.78 is 7.26. The second-order valence-corrected chi connectivity index (χ2v) is 5.75. The van der Waals surface area contributed by atoms with Crippen molar-refractivity contribution in [3.8, 4) is 0 Å². The van der Waals surface area contributed by atoms with Crippen LogP contribution in [0, 0.1) is 6.92 Å². The Balaban J connectivity index is 1.52. The van der Waals surface area contributed by atoms with E-state index in [-0.39, 0.29) is 0 Å². The average Bonchev–Trinajstić information content (AvgIpc) is 3.16. The molecule has 0 N–H and O–H groups in total. The van der Waals surface area contributed by atoms with Crippen LogP contribution in [0.1, 0.15) is 12.2 Å². The van der Waals surface area contributed by atoms with Crippen LogP contribution in [-0.2, 0) is 4.74 Å². The van der Waals surface area contributed by atoms with Crippen molar-refractivity contribution in [2.45, 2.75) is 19.4 Å². The Morgan fingerprint density at radius 3 is 2.86 bits per heavy atom. The van der Waals surface area contributed by atoms with Gasteiger partial charge in [0, 0.05) is 32.2 Å². The van der Waals surface area contributed by atoms with Crippen LogP contribution in [0.2, 0.25) is 0 Å². The molecule has 1 unspecified atom stereocenters. The Hall–Kier alpha value is -1.73. The Morgan fingerprint density at radius 1 is 1.14 bits per heavy atom. The van der Waals surface area contributed by atoms with Crippen molar-refractivity contribution in [1.82, 2.24) is 24.7 Å². The van der Waals surface area contributed by atoms with Crippen LogP contribution < -0.4 is 4.90 Å². The van der Waals surface area contributed by atoms with Gasteiger partial charge in [0.25, 0.3) is 0 Å². The third kappa shape index (κ3) is 2.36. The molecule has 2 aromatic rings. The van der Waals surface area contributed by atoms with Crippen molar-refractivity contribution in [1.29, 1.82) is 0 Å². The lowest BCUT2D eigenvalue weighted by Gasteiger charge is -2.32. The highest BCUT2D eigenvalue weighted by molar-refractivity contribution is 5.46. The summed E-state index contributed by atoms with van der Waals surface area (Å²) in [6.07, 6.45) is 1.20. The van der Waals surface area contributed by atoms with Crippen LogP contribution in [0.15, 0.2) is 12.1 Å². The molecule has 0 spiro atoms. The zero-order valence-corrected chi connectivity index (χ0v) is 12.3. The lowest BCUT2D eigenvalue weighted by molar-refractivity contribution is 0.0209. The lowest BCUT2D eigenvalue weighted by atomic mass is 10.2. The SMILES string of the molecule is Cc1nnc2ccc(N3CCC(N4CCOCC4)C3)nn12. The van der Waals surface area contributed by atoms with Crippen LogP contribution >= 0.6 is 0 Å². The topological polar surface area (TPSA) is 58.8 Å². The molecule has 7 heteroatoms. The van der Waals surface area contributed by atoms with Crippen molar-refractivity contribution >= 4 is 11.5 Å². The highest BCUT2D eigenvalue weighted by atomic mass is 16.5. The second-order valence-electron chi connectivity index (χ2n) is 5.75. The van der Waals surface area contributed by atoms with E-state index in [1.807, 2.05) is 23.6 Å². The molecule has 4 rings (SSSR count). The third-order valence-electron chi connectivity index (χ3n) is 4.45. The molecule has 2 aromatic heterocycles. The van der Waals surface area contributed by atoms with Crippen LogP contribution in [0.4, 0.5) is 5.82 Å². The molecule has 2 saturated heterocycles. The van der Waals surface area contributed by atoms with E-state index in [0.717, 1.165) is 56.7 Å². The maximum atomic E-state index is 5.44. The Labute approximate surface area is 123 Å². The first kappa shape index (κ1) is 13.0. The van der Waals surface area contributed by atoms with E-state index in [4.69, 9.17) is 4.74 Å². The predicted molar refractivity (Wildman–Crippen MR) is 78.5 cm³/mol. The van der Waals surface area contributed by atoms with E-state index >= 15 is 0 Å². The van der Waals surface area contributed by atoms with Crippen LogP contribution in [0.3, 0.4) is 0 Å². The fourth-order valence-corrected chi connectivity index (χ4v) is 3.25. The largest absolute Gasteiger partial charge is 0.379 e. The van der Waals surface area contributed by atoms with Gasteiger partial charge in [-0.15, -0.1) is 15.3 Å². The van der Waals surface area contributed by atoms with Gasteiger partial charge in [0.05, 0.1) is 13.2 Å². The molecule has 1 atom stereocenters. The predicted octanol–water partition coefficient (Wildman–Crippen LogP) is 0.344. The molecule has 0 saturated carbocycles. The summed E-state index contributed by atoms with van der Waals surface area (Å²) in [7, 11) is 0. The molecule has 0 amide bonds. The standard InChI is InChI=1S/C14H20N6O/c1-11-15-16-13-2-3-14(17-20(11)13)19-5-4-12(10-19)18-6-8-21-9-7-18/h2-3,12H,4-10H2,1H3. The number of aromatic nitrogens is 4. The fraction of sp³-hybridized carbons (Fsp3) is 0.643. The summed E-state index contributed by atoms with van der Waals surface area (Å²) in [5, 5.41) is 12.8. The minimum Gasteiger partial charge on any atom is -0.379 e. The van der Waals surface area contributed by atoms with Crippen molar-refractivity contribution in [2.24, 2.45) is 0 Å². The molecule has 2 aliphatic heterocycles. The van der Waals surface area contributed by atoms with E-state index in [9.17, 15) is 0 Å². The molecule has 21 heavy (non-hydrogen) atoms. The average molecular weight is 288 g/mol. The monoisotopic (exact) mass is 288 g/mol. The number of hydrogen-bond donors (Lipinski definition) is 0. The number of anilines is 1.